The first-order valence-electron chi connectivity index (χ1n) is 5.53. The van der Waals surface area contributed by atoms with E-state index in [1.54, 1.807) is 0 Å². The maximum Gasteiger partial charge on any atom is 0.112 e. The Balaban J connectivity index is 3.35. The molecular weight excluding hydrogens is 164 g/mol. The van der Waals surface area contributed by atoms with Crippen molar-refractivity contribution >= 4 is 0 Å². The molecule has 80 valence electrons. The van der Waals surface area contributed by atoms with E-state index in [1.165, 1.54) is 35.8 Å². The lowest BCUT2D eigenvalue weighted by molar-refractivity contribution is -1.33. The first-order chi connectivity index (χ1) is 6.20. The van der Waals surface area contributed by atoms with Gasteiger partial charge in [0.25, 0.3) is 0 Å². The molecule has 0 aliphatic rings. The molecule has 0 spiro atoms. The van der Waals surface area contributed by atoms with Crippen molar-refractivity contribution in [3.8, 4) is 0 Å². The summed E-state index contributed by atoms with van der Waals surface area (Å²) in [5.74, 6) is 0. The van der Waals surface area contributed by atoms with Crippen molar-refractivity contribution in [2.24, 2.45) is 0 Å². The summed E-state index contributed by atoms with van der Waals surface area (Å²) in [7, 11) is 4.18. The quantitative estimate of drug-likeness (QED) is 0.492. The summed E-state index contributed by atoms with van der Waals surface area (Å²) in [6, 6.07) is 0. The molecule has 0 fully saturated rings. The van der Waals surface area contributed by atoms with Crippen LogP contribution in [0, 0.1) is 0 Å². The van der Waals surface area contributed by atoms with E-state index in [0.717, 1.165) is 13.1 Å². The van der Waals surface area contributed by atoms with Crippen molar-refractivity contribution in [2.45, 2.75) is 39.5 Å². The van der Waals surface area contributed by atoms with Gasteiger partial charge in [0.2, 0.25) is 0 Å². The standard InChI is InChI=1S/C10H24N2O/c1-5-7-9-11(3)13-12(4)10-8-6-2/h5-10H2,1-4H3/p+2. The molecule has 0 saturated heterocycles. The molecule has 2 unspecified atom stereocenters. The molecule has 0 aliphatic heterocycles. The summed E-state index contributed by atoms with van der Waals surface area (Å²) in [5.41, 5.74) is 0. The Morgan fingerprint density at radius 2 is 1.23 bits per heavy atom. The summed E-state index contributed by atoms with van der Waals surface area (Å²) in [4.78, 5) is 5.69. The molecule has 3 nitrogen and oxygen atoms in total. The van der Waals surface area contributed by atoms with Crippen molar-refractivity contribution in [3.05, 3.63) is 0 Å². The van der Waals surface area contributed by atoms with Gasteiger partial charge in [0.15, 0.2) is 0 Å². The van der Waals surface area contributed by atoms with Gasteiger partial charge in [0.1, 0.15) is 27.2 Å². The maximum atomic E-state index is 5.69. The fraction of sp³-hybridized carbons (Fsp3) is 1.00. The van der Waals surface area contributed by atoms with Gasteiger partial charge in [-0.15, -0.1) is 10.1 Å². The van der Waals surface area contributed by atoms with Crippen molar-refractivity contribution in [1.82, 2.24) is 0 Å². The Labute approximate surface area is 82.6 Å². The molecule has 0 rings (SSSR count). The third kappa shape index (κ3) is 8.22. The minimum atomic E-state index is 1.11. The molecule has 0 aromatic heterocycles. The molecule has 3 heteroatoms. The lowest BCUT2D eigenvalue weighted by Crippen LogP contribution is -3.27. The van der Waals surface area contributed by atoms with Gasteiger partial charge in [0.05, 0.1) is 0 Å². The fourth-order valence-corrected chi connectivity index (χ4v) is 1.25. The zero-order valence-electron chi connectivity index (χ0n) is 9.65. The molecule has 0 aromatic rings. The average Bonchev–Trinajstić information content (AvgIpc) is 2.11. The minimum absolute atomic E-state index is 1.11. The number of hydroxylamine groups is 4. The SMILES string of the molecule is CCCC[NH+](C)O[NH+](C)CCCC. The van der Waals surface area contributed by atoms with E-state index in [-0.39, 0.29) is 0 Å². The van der Waals surface area contributed by atoms with Crippen LogP contribution in [-0.2, 0) is 4.94 Å². The minimum Gasteiger partial charge on any atom is -0.140 e. The van der Waals surface area contributed by atoms with E-state index in [4.69, 9.17) is 4.94 Å². The molecule has 0 aromatic carbocycles. The molecule has 2 atom stereocenters. The van der Waals surface area contributed by atoms with Crippen molar-refractivity contribution in [1.29, 1.82) is 0 Å². The molecule has 0 bridgehead atoms. The number of rotatable bonds is 8. The van der Waals surface area contributed by atoms with Crippen LogP contribution in [0.1, 0.15) is 39.5 Å². The molecule has 2 N–H and O–H groups in total. The first-order valence-corrected chi connectivity index (χ1v) is 5.53. The van der Waals surface area contributed by atoms with Gasteiger partial charge in [0, 0.05) is 0 Å². The van der Waals surface area contributed by atoms with Gasteiger partial charge in [-0.25, -0.2) is 0 Å². The van der Waals surface area contributed by atoms with Crippen LogP contribution in [0.3, 0.4) is 0 Å². The second-order valence-corrected chi connectivity index (χ2v) is 3.71. The van der Waals surface area contributed by atoms with Gasteiger partial charge >= 0.3 is 0 Å². The predicted molar refractivity (Wildman–Crippen MR) is 54.4 cm³/mol. The molecular formula is C10H26N2O+2. The van der Waals surface area contributed by atoms with Crippen LogP contribution in [0.5, 0.6) is 0 Å². The van der Waals surface area contributed by atoms with Crippen LogP contribution in [-0.4, -0.2) is 27.2 Å². The van der Waals surface area contributed by atoms with Crippen LogP contribution in [0.2, 0.25) is 0 Å². The number of quaternary nitrogens is 2. The van der Waals surface area contributed by atoms with Gasteiger partial charge in [-0.3, -0.25) is 0 Å². The smallest absolute Gasteiger partial charge is 0.112 e. The number of unbranched alkanes of at least 4 members (excludes halogenated alkanes) is 2. The monoisotopic (exact) mass is 190 g/mol. The second-order valence-electron chi connectivity index (χ2n) is 3.71. The lowest BCUT2D eigenvalue weighted by atomic mass is 10.3. The van der Waals surface area contributed by atoms with E-state index in [9.17, 15) is 0 Å². The topological polar surface area (TPSA) is 18.1 Å². The number of nitrogens with one attached hydrogen (secondary N) is 2. The highest BCUT2D eigenvalue weighted by molar-refractivity contribution is 4.25. The Kier molecular flexibility index (Phi) is 8.40. The predicted octanol–water partition coefficient (Wildman–Crippen LogP) is -0.537. The summed E-state index contributed by atoms with van der Waals surface area (Å²) in [6.07, 6.45) is 4.98. The number of hydrogen-bond acceptors (Lipinski definition) is 1. The number of hydrogen-bond donors (Lipinski definition) is 2. The molecule has 0 saturated carbocycles. The molecule has 0 aliphatic carbocycles. The van der Waals surface area contributed by atoms with Crippen LogP contribution >= 0.6 is 0 Å². The highest BCUT2D eigenvalue weighted by atomic mass is 16.8. The second kappa shape index (κ2) is 8.48. The molecule has 0 heterocycles. The van der Waals surface area contributed by atoms with Crippen molar-refractivity contribution < 1.29 is 15.1 Å². The summed E-state index contributed by atoms with van der Waals surface area (Å²) in [6.45, 7) is 6.64. The maximum absolute atomic E-state index is 5.69. The van der Waals surface area contributed by atoms with Crippen molar-refractivity contribution in [2.75, 3.05) is 27.2 Å². The zero-order chi connectivity index (χ0) is 10.1. The Hall–Kier alpha value is -0.120. The van der Waals surface area contributed by atoms with E-state index in [2.05, 4.69) is 27.9 Å². The molecule has 0 amide bonds. The summed E-state index contributed by atoms with van der Waals surface area (Å²) < 4.78 is 0. The Bertz CT molecular complexity index is 97.1. The summed E-state index contributed by atoms with van der Waals surface area (Å²) >= 11 is 0. The van der Waals surface area contributed by atoms with E-state index in [1.807, 2.05) is 0 Å². The van der Waals surface area contributed by atoms with Gasteiger partial charge in [-0.1, -0.05) is 26.7 Å². The fourth-order valence-electron chi connectivity index (χ4n) is 1.25. The summed E-state index contributed by atoms with van der Waals surface area (Å²) in [5, 5.41) is 2.35. The normalized spacial score (nSPS) is 15.7. The average molecular weight is 190 g/mol. The van der Waals surface area contributed by atoms with E-state index >= 15 is 0 Å². The lowest BCUT2D eigenvalue weighted by Gasteiger charge is -2.14. The van der Waals surface area contributed by atoms with Crippen LogP contribution in [0.4, 0.5) is 0 Å². The highest BCUT2D eigenvalue weighted by Gasteiger charge is 2.09. The first kappa shape index (κ1) is 12.9. The third-order valence-corrected chi connectivity index (χ3v) is 2.11. The zero-order valence-corrected chi connectivity index (χ0v) is 9.65. The molecule has 13 heavy (non-hydrogen) atoms. The Morgan fingerprint density at radius 3 is 1.54 bits per heavy atom. The Morgan fingerprint density at radius 1 is 0.846 bits per heavy atom. The van der Waals surface area contributed by atoms with E-state index in [0.29, 0.717) is 0 Å². The van der Waals surface area contributed by atoms with Gasteiger partial charge in [-0.05, 0) is 17.8 Å². The third-order valence-electron chi connectivity index (χ3n) is 2.11. The van der Waals surface area contributed by atoms with Crippen molar-refractivity contribution in [3.63, 3.8) is 0 Å². The highest BCUT2D eigenvalue weighted by Crippen LogP contribution is 1.79. The van der Waals surface area contributed by atoms with Gasteiger partial charge in [-0.2, -0.15) is 0 Å². The van der Waals surface area contributed by atoms with Gasteiger partial charge < -0.3 is 0 Å². The van der Waals surface area contributed by atoms with Crippen LogP contribution < -0.4 is 10.1 Å². The largest absolute Gasteiger partial charge is 0.140 e. The van der Waals surface area contributed by atoms with Crippen LogP contribution in [0.15, 0.2) is 0 Å². The molecule has 0 radical (unpaired) electrons. The van der Waals surface area contributed by atoms with Crippen LogP contribution in [0.25, 0.3) is 0 Å². The van der Waals surface area contributed by atoms with E-state index < -0.39 is 0 Å².